The van der Waals surface area contributed by atoms with Gasteiger partial charge in [0.1, 0.15) is 11.9 Å². The van der Waals surface area contributed by atoms with Gasteiger partial charge in [-0.1, -0.05) is 13.0 Å². The quantitative estimate of drug-likeness (QED) is 0.814. The maximum absolute atomic E-state index is 12.0. The van der Waals surface area contributed by atoms with Gasteiger partial charge in [0.25, 0.3) is 5.91 Å². The Bertz CT molecular complexity index is 542. The Morgan fingerprint density at radius 2 is 2.30 bits per heavy atom. The lowest BCUT2D eigenvalue weighted by molar-refractivity contribution is -0.131. The first-order valence-electron chi connectivity index (χ1n) is 6.37. The minimum atomic E-state index is -1.05. The van der Waals surface area contributed by atoms with E-state index in [4.69, 9.17) is 9.84 Å². The third-order valence-corrected chi connectivity index (χ3v) is 3.06. The van der Waals surface area contributed by atoms with Gasteiger partial charge >= 0.3 is 5.97 Å². The molecule has 20 heavy (non-hydrogen) atoms. The smallest absolute Gasteiger partial charge is 0.328 e. The Balaban J connectivity index is 2.04. The van der Waals surface area contributed by atoms with Crippen molar-refractivity contribution < 1.29 is 19.4 Å². The van der Waals surface area contributed by atoms with E-state index in [9.17, 15) is 9.59 Å². The number of carbonyl (C=O) groups excluding carboxylic acids is 1. The van der Waals surface area contributed by atoms with Crippen LogP contribution in [-0.4, -0.2) is 34.7 Å². The van der Waals surface area contributed by atoms with Crippen LogP contribution in [0.25, 0.3) is 6.08 Å². The molecular formula is C14H16N2O4. The molecule has 1 amide bonds. The summed E-state index contributed by atoms with van der Waals surface area (Å²) < 4.78 is 5.38. The maximum Gasteiger partial charge on any atom is 0.328 e. The average molecular weight is 276 g/mol. The molecule has 0 aromatic carbocycles. The van der Waals surface area contributed by atoms with Crippen molar-refractivity contribution in [3.63, 3.8) is 0 Å². The predicted molar refractivity (Wildman–Crippen MR) is 73.1 cm³/mol. The fraction of sp³-hybridized carbons (Fsp3) is 0.357. The van der Waals surface area contributed by atoms with Crippen LogP contribution < -0.4 is 5.32 Å². The molecule has 0 radical (unpaired) electrons. The Morgan fingerprint density at radius 1 is 1.50 bits per heavy atom. The summed E-state index contributed by atoms with van der Waals surface area (Å²) in [4.78, 5) is 26.6. The van der Waals surface area contributed by atoms with Gasteiger partial charge in [-0.15, -0.1) is 0 Å². The molecule has 0 saturated carbocycles. The third kappa shape index (κ3) is 3.64. The standard InChI is InChI=1S/C14H16N2O4/c1-9-7-8-20-13(9)14(19)16-11-4-2-3-10(15-11)5-6-12(17)18/h2-6,9,13H,7-8H2,1H3,(H,17,18)(H,15,16,19)/b6-5+. The molecule has 1 aliphatic rings. The highest BCUT2D eigenvalue weighted by atomic mass is 16.5. The van der Waals surface area contributed by atoms with Crippen molar-refractivity contribution in [2.75, 3.05) is 11.9 Å². The lowest BCUT2D eigenvalue weighted by atomic mass is 10.0. The van der Waals surface area contributed by atoms with Crippen molar-refractivity contribution in [1.82, 2.24) is 4.98 Å². The van der Waals surface area contributed by atoms with E-state index in [1.807, 2.05) is 6.92 Å². The molecule has 2 N–H and O–H groups in total. The molecule has 1 aromatic heterocycles. The van der Waals surface area contributed by atoms with E-state index in [1.165, 1.54) is 6.08 Å². The van der Waals surface area contributed by atoms with Gasteiger partial charge in [0, 0.05) is 12.7 Å². The van der Waals surface area contributed by atoms with Crippen molar-refractivity contribution in [2.45, 2.75) is 19.4 Å². The SMILES string of the molecule is CC1CCOC1C(=O)Nc1cccc(/C=C/C(=O)O)n1. The first kappa shape index (κ1) is 14.2. The maximum atomic E-state index is 12.0. The number of hydrogen-bond acceptors (Lipinski definition) is 4. The summed E-state index contributed by atoms with van der Waals surface area (Å²) in [5.41, 5.74) is 0.464. The summed E-state index contributed by atoms with van der Waals surface area (Å²) in [7, 11) is 0. The summed E-state index contributed by atoms with van der Waals surface area (Å²) in [6, 6.07) is 5.00. The number of rotatable bonds is 4. The zero-order chi connectivity index (χ0) is 14.5. The molecule has 1 fully saturated rings. The van der Waals surface area contributed by atoms with Gasteiger partial charge < -0.3 is 15.2 Å². The summed E-state index contributed by atoms with van der Waals surface area (Å²) in [5, 5.41) is 11.2. The van der Waals surface area contributed by atoms with Gasteiger partial charge in [0.15, 0.2) is 0 Å². The Hall–Kier alpha value is -2.21. The van der Waals surface area contributed by atoms with E-state index in [-0.39, 0.29) is 11.8 Å². The van der Waals surface area contributed by atoms with Crippen molar-refractivity contribution in [1.29, 1.82) is 0 Å². The third-order valence-electron chi connectivity index (χ3n) is 3.06. The number of hydrogen-bond donors (Lipinski definition) is 2. The molecule has 2 atom stereocenters. The highest BCUT2D eigenvalue weighted by molar-refractivity contribution is 5.93. The number of carbonyl (C=O) groups is 2. The van der Waals surface area contributed by atoms with Crippen LogP contribution in [0.4, 0.5) is 5.82 Å². The van der Waals surface area contributed by atoms with E-state index >= 15 is 0 Å². The highest BCUT2D eigenvalue weighted by Crippen LogP contribution is 2.21. The van der Waals surface area contributed by atoms with Crippen LogP contribution in [0.1, 0.15) is 19.0 Å². The number of carboxylic acid groups (broad SMARTS) is 1. The molecule has 2 unspecified atom stereocenters. The average Bonchev–Trinajstić information content (AvgIpc) is 2.83. The van der Waals surface area contributed by atoms with Crippen LogP contribution in [0.15, 0.2) is 24.3 Å². The van der Waals surface area contributed by atoms with E-state index in [1.54, 1.807) is 18.2 Å². The highest BCUT2D eigenvalue weighted by Gasteiger charge is 2.30. The number of aliphatic carboxylic acids is 1. The first-order chi connectivity index (χ1) is 9.56. The molecule has 106 valence electrons. The fourth-order valence-corrected chi connectivity index (χ4v) is 2.00. The Morgan fingerprint density at radius 3 is 2.95 bits per heavy atom. The Kier molecular flexibility index (Phi) is 4.47. The number of aromatic nitrogens is 1. The van der Waals surface area contributed by atoms with Gasteiger partial charge in [0.2, 0.25) is 0 Å². The lowest BCUT2D eigenvalue weighted by Crippen LogP contribution is -2.31. The van der Waals surface area contributed by atoms with Crippen LogP contribution in [0.2, 0.25) is 0 Å². The second kappa shape index (κ2) is 6.29. The number of carboxylic acids is 1. The molecule has 0 aliphatic carbocycles. The largest absolute Gasteiger partial charge is 0.478 e. The molecule has 2 heterocycles. The lowest BCUT2D eigenvalue weighted by Gasteiger charge is -2.14. The first-order valence-corrected chi connectivity index (χ1v) is 6.37. The zero-order valence-electron chi connectivity index (χ0n) is 11.1. The molecule has 2 rings (SSSR count). The van der Waals surface area contributed by atoms with E-state index < -0.39 is 12.1 Å². The molecule has 1 aromatic rings. The summed E-state index contributed by atoms with van der Waals surface area (Å²) >= 11 is 0. The molecular weight excluding hydrogens is 260 g/mol. The minimum Gasteiger partial charge on any atom is -0.478 e. The van der Waals surface area contributed by atoms with Gasteiger partial charge in [-0.05, 0) is 30.5 Å². The second-order valence-corrected chi connectivity index (χ2v) is 4.67. The van der Waals surface area contributed by atoms with Gasteiger partial charge in [-0.25, -0.2) is 9.78 Å². The normalized spacial score (nSPS) is 22.1. The number of anilines is 1. The molecule has 6 heteroatoms. The van der Waals surface area contributed by atoms with Crippen molar-refractivity contribution in [3.05, 3.63) is 30.0 Å². The molecule has 0 bridgehead atoms. The van der Waals surface area contributed by atoms with Crippen LogP contribution in [-0.2, 0) is 14.3 Å². The Labute approximate surface area is 116 Å². The van der Waals surface area contributed by atoms with Gasteiger partial charge in [-0.2, -0.15) is 0 Å². The number of amides is 1. The second-order valence-electron chi connectivity index (χ2n) is 4.67. The van der Waals surface area contributed by atoms with Crippen molar-refractivity contribution in [2.24, 2.45) is 5.92 Å². The number of ether oxygens (including phenoxy) is 1. The molecule has 6 nitrogen and oxygen atoms in total. The van der Waals surface area contributed by atoms with Crippen molar-refractivity contribution >= 4 is 23.8 Å². The number of pyridine rings is 1. The van der Waals surface area contributed by atoms with E-state index in [0.717, 1.165) is 12.5 Å². The summed E-state index contributed by atoms with van der Waals surface area (Å²) in [6.45, 7) is 2.56. The fourth-order valence-electron chi connectivity index (χ4n) is 2.00. The monoisotopic (exact) mass is 276 g/mol. The zero-order valence-corrected chi connectivity index (χ0v) is 11.1. The van der Waals surface area contributed by atoms with E-state index in [0.29, 0.717) is 18.1 Å². The molecule has 1 aliphatic heterocycles. The van der Waals surface area contributed by atoms with Crippen LogP contribution in [0, 0.1) is 5.92 Å². The summed E-state index contributed by atoms with van der Waals surface area (Å²) in [5.74, 6) is -0.702. The van der Waals surface area contributed by atoms with Crippen LogP contribution in [0.5, 0.6) is 0 Å². The molecule has 1 saturated heterocycles. The number of nitrogens with one attached hydrogen (secondary N) is 1. The van der Waals surface area contributed by atoms with E-state index in [2.05, 4.69) is 10.3 Å². The van der Waals surface area contributed by atoms with Crippen LogP contribution in [0.3, 0.4) is 0 Å². The minimum absolute atomic E-state index is 0.185. The van der Waals surface area contributed by atoms with Crippen molar-refractivity contribution in [3.8, 4) is 0 Å². The predicted octanol–water partition coefficient (Wildman–Crippen LogP) is 1.54. The van der Waals surface area contributed by atoms with Gasteiger partial charge in [-0.3, -0.25) is 4.79 Å². The molecule has 0 spiro atoms. The van der Waals surface area contributed by atoms with Crippen LogP contribution >= 0.6 is 0 Å². The topological polar surface area (TPSA) is 88.5 Å². The summed E-state index contributed by atoms with van der Waals surface area (Å²) in [6.07, 6.45) is 2.78. The van der Waals surface area contributed by atoms with Gasteiger partial charge in [0.05, 0.1) is 5.69 Å². The number of nitrogens with zero attached hydrogens (tertiary/aromatic N) is 1.